The van der Waals surface area contributed by atoms with E-state index in [2.05, 4.69) is 5.32 Å². The lowest BCUT2D eigenvalue weighted by atomic mass is 10.2. The van der Waals surface area contributed by atoms with E-state index < -0.39 is 5.82 Å². The highest BCUT2D eigenvalue weighted by Gasteiger charge is 2.16. The van der Waals surface area contributed by atoms with Gasteiger partial charge >= 0.3 is 0 Å². The summed E-state index contributed by atoms with van der Waals surface area (Å²) in [5, 5.41) is 2.64. The zero-order chi connectivity index (χ0) is 16.1. The molecular formula is C18H14FNO2S. The van der Waals surface area contributed by atoms with Gasteiger partial charge in [0.1, 0.15) is 5.82 Å². The first-order chi connectivity index (χ1) is 11.2. The fraction of sp³-hybridized carbons (Fsp3) is 0.0556. The maximum Gasteiger partial charge on any atom is 0.291 e. The van der Waals surface area contributed by atoms with Crippen molar-refractivity contribution in [3.63, 3.8) is 0 Å². The molecule has 3 nitrogen and oxygen atoms in total. The molecule has 3 rings (SSSR count). The molecule has 0 fully saturated rings. The third-order valence-corrected chi connectivity index (χ3v) is 4.23. The lowest BCUT2D eigenvalue weighted by molar-refractivity contribution is 0.0996. The first kappa shape index (κ1) is 15.4. The standard InChI is InChI=1S/C18H14FNO2S/c19-14-5-4-6-15(11-14)20-18(21)17-13(9-10-22-17)12-23-16-7-2-1-3-8-16/h1-11H,12H2,(H,20,21). The SMILES string of the molecule is O=C(Nc1cccc(F)c1)c1occc1CSc1ccccc1. The molecule has 3 aromatic rings. The fourth-order valence-electron chi connectivity index (χ4n) is 2.08. The van der Waals surface area contributed by atoms with Gasteiger partial charge in [0.05, 0.1) is 6.26 Å². The number of anilines is 1. The lowest BCUT2D eigenvalue weighted by Gasteiger charge is -2.05. The van der Waals surface area contributed by atoms with Gasteiger partial charge < -0.3 is 9.73 Å². The topological polar surface area (TPSA) is 42.2 Å². The molecule has 0 atom stereocenters. The molecule has 0 spiro atoms. The smallest absolute Gasteiger partial charge is 0.291 e. The predicted octanol–water partition coefficient (Wildman–Crippen LogP) is 4.96. The maximum atomic E-state index is 13.2. The number of thioether (sulfide) groups is 1. The number of furan rings is 1. The van der Waals surface area contributed by atoms with Gasteiger partial charge in [-0.05, 0) is 36.4 Å². The van der Waals surface area contributed by atoms with Crippen molar-refractivity contribution < 1.29 is 13.6 Å². The molecule has 0 unspecified atom stereocenters. The summed E-state index contributed by atoms with van der Waals surface area (Å²) in [6, 6.07) is 17.4. The summed E-state index contributed by atoms with van der Waals surface area (Å²) in [7, 11) is 0. The first-order valence-corrected chi connectivity index (χ1v) is 8.02. The third-order valence-electron chi connectivity index (χ3n) is 3.17. The normalized spacial score (nSPS) is 10.5. The first-order valence-electron chi connectivity index (χ1n) is 7.03. The number of nitrogens with one attached hydrogen (secondary N) is 1. The number of amides is 1. The van der Waals surface area contributed by atoms with Crippen molar-refractivity contribution >= 4 is 23.4 Å². The maximum absolute atomic E-state index is 13.2. The van der Waals surface area contributed by atoms with Crippen LogP contribution >= 0.6 is 11.8 Å². The van der Waals surface area contributed by atoms with Gasteiger partial charge in [0.15, 0.2) is 5.76 Å². The molecule has 2 aromatic carbocycles. The van der Waals surface area contributed by atoms with E-state index in [0.29, 0.717) is 11.4 Å². The van der Waals surface area contributed by atoms with Crippen molar-refractivity contribution in [2.45, 2.75) is 10.6 Å². The number of rotatable bonds is 5. The number of carbonyl (C=O) groups is 1. The summed E-state index contributed by atoms with van der Waals surface area (Å²) in [5.74, 6) is 0.0796. The van der Waals surface area contributed by atoms with Gasteiger partial charge in [0.2, 0.25) is 0 Å². The molecular weight excluding hydrogens is 313 g/mol. The van der Waals surface area contributed by atoms with Crippen LogP contribution in [0.2, 0.25) is 0 Å². The zero-order valence-corrected chi connectivity index (χ0v) is 13.0. The van der Waals surface area contributed by atoms with Crippen molar-refractivity contribution in [2.24, 2.45) is 0 Å². The molecule has 1 amide bonds. The average Bonchev–Trinajstić information content (AvgIpc) is 3.02. The highest BCUT2D eigenvalue weighted by atomic mass is 32.2. The molecule has 23 heavy (non-hydrogen) atoms. The second-order valence-electron chi connectivity index (χ2n) is 4.84. The Balaban J connectivity index is 1.69. The van der Waals surface area contributed by atoms with E-state index in [-0.39, 0.29) is 11.7 Å². The summed E-state index contributed by atoms with van der Waals surface area (Å²) >= 11 is 1.62. The summed E-state index contributed by atoms with van der Waals surface area (Å²) in [4.78, 5) is 13.4. The van der Waals surface area contributed by atoms with Crippen molar-refractivity contribution in [1.82, 2.24) is 0 Å². The van der Waals surface area contributed by atoms with E-state index in [9.17, 15) is 9.18 Å². The number of benzene rings is 2. The molecule has 0 saturated carbocycles. The zero-order valence-electron chi connectivity index (χ0n) is 12.2. The fourth-order valence-corrected chi connectivity index (χ4v) is 2.98. The Hall–Kier alpha value is -2.53. The Bertz CT molecular complexity index is 802. The van der Waals surface area contributed by atoms with Crippen LogP contribution in [0.4, 0.5) is 10.1 Å². The predicted molar refractivity (Wildman–Crippen MR) is 89.1 cm³/mol. The Kier molecular flexibility index (Phi) is 4.78. The monoisotopic (exact) mass is 327 g/mol. The van der Waals surface area contributed by atoms with E-state index in [4.69, 9.17) is 4.42 Å². The molecule has 1 N–H and O–H groups in total. The van der Waals surface area contributed by atoms with E-state index in [1.165, 1.54) is 18.4 Å². The molecule has 0 radical (unpaired) electrons. The Morgan fingerprint density at radius 3 is 2.70 bits per heavy atom. The summed E-state index contributed by atoms with van der Waals surface area (Å²) in [6.45, 7) is 0. The minimum atomic E-state index is -0.401. The van der Waals surface area contributed by atoms with Crippen LogP contribution in [0.25, 0.3) is 0 Å². The largest absolute Gasteiger partial charge is 0.459 e. The van der Waals surface area contributed by atoms with Gasteiger partial charge in [0, 0.05) is 21.9 Å². The van der Waals surface area contributed by atoms with Crippen LogP contribution in [-0.2, 0) is 5.75 Å². The van der Waals surface area contributed by atoms with Crippen molar-refractivity contribution in [3.05, 3.63) is 84.1 Å². The highest BCUT2D eigenvalue weighted by molar-refractivity contribution is 7.98. The van der Waals surface area contributed by atoms with Crippen LogP contribution in [0.5, 0.6) is 0 Å². The Morgan fingerprint density at radius 1 is 1.09 bits per heavy atom. The van der Waals surface area contributed by atoms with Gasteiger partial charge in [-0.15, -0.1) is 11.8 Å². The molecule has 0 aliphatic rings. The van der Waals surface area contributed by atoms with E-state index >= 15 is 0 Å². The summed E-state index contributed by atoms with van der Waals surface area (Å²) in [6.07, 6.45) is 1.49. The Morgan fingerprint density at radius 2 is 1.91 bits per heavy atom. The van der Waals surface area contributed by atoms with Crippen molar-refractivity contribution in [1.29, 1.82) is 0 Å². The van der Waals surface area contributed by atoms with Gasteiger partial charge in [-0.1, -0.05) is 24.3 Å². The number of hydrogen-bond donors (Lipinski definition) is 1. The summed E-state index contributed by atoms with van der Waals surface area (Å²) < 4.78 is 18.5. The minimum absolute atomic E-state index is 0.248. The second-order valence-corrected chi connectivity index (χ2v) is 5.89. The van der Waals surface area contributed by atoms with E-state index in [0.717, 1.165) is 10.5 Å². The van der Waals surface area contributed by atoms with Crippen LogP contribution < -0.4 is 5.32 Å². The lowest BCUT2D eigenvalue weighted by Crippen LogP contribution is -2.12. The molecule has 116 valence electrons. The van der Waals surface area contributed by atoms with Crippen molar-refractivity contribution in [2.75, 3.05) is 5.32 Å². The molecule has 1 heterocycles. The molecule has 0 bridgehead atoms. The van der Waals surface area contributed by atoms with Gasteiger partial charge in [-0.25, -0.2) is 4.39 Å². The van der Waals surface area contributed by atoms with Crippen LogP contribution in [0.15, 0.2) is 76.2 Å². The second kappa shape index (κ2) is 7.15. The van der Waals surface area contributed by atoms with Crippen LogP contribution in [0.3, 0.4) is 0 Å². The molecule has 1 aromatic heterocycles. The van der Waals surface area contributed by atoms with Crippen LogP contribution in [-0.4, -0.2) is 5.91 Å². The minimum Gasteiger partial charge on any atom is -0.459 e. The van der Waals surface area contributed by atoms with Crippen LogP contribution in [0, 0.1) is 5.82 Å². The van der Waals surface area contributed by atoms with Crippen molar-refractivity contribution in [3.8, 4) is 0 Å². The van der Waals surface area contributed by atoms with Gasteiger partial charge in [-0.3, -0.25) is 4.79 Å². The quantitative estimate of drug-likeness (QED) is 0.673. The van der Waals surface area contributed by atoms with Crippen LogP contribution in [0.1, 0.15) is 16.1 Å². The Labute approximate surface area is 137 Å². The number of hydrogen-bond acceptors (Lipinski definition) is 3. The molecule has 0 saturated heterocycles. The number of carbonyl (C=O) groups excluding carboxylic acids is 1. The third kappa shape index (κ3) is 4.02. The number of halogens is 1. The average molecular weight is 327 g/mol. The van der Waals surface area contributed by atoms with E-state index in [1.54, 1.807) is 30.0 Å². The molecule has 0 aliphatic carbocycles. The van der Waals surface area contributed by atoms with E-state index in [1.807, 2.05) is 30.3 Å². The van der Waals surface area contributed by atoms with Gasteiger partial charge in [-0.2, -0.15) is 0 Å². The molecule has 0 aliphatic heterocycles. The summed E-state index contributed by atoms with van der Waals surface area (Å²) in [5.41, 5.74) is 1.20. The highest BCUT2D eigenvalue weighted by Crippen LogP contribution is 2.25. The molecule has 5 heteroatoms. The van der Waals surface area contributed by atoms with Gasteiger partial charge in [0.25, 0.3) is 5.91 Å².